The Labute approximate surface area is 111 Å². The first-order valence-electron chi connectivity index (χ1n) is 7.18. The number of phenolic OH excluding ortho intramolecular Hbond substituents is 1. The summed E-state index contributed by atoms with van der Waals surface area (Å²) in [4.78, 5) is 0. The number of rotatable bonds is 8. The first-order chi connectivity index (χ1) is 8.63. The standard InChI is InChI=1S/C16H27NO/c1-4-5-6-7-8-13(2)17-14(3)15-9-11-16(18)12-10-15/h9-14,17-18H,4-8H2,1-3H3. The number of aromatic hydroxyl groups is 1. The van der Waals surface area contributed by atoms with E-state index in [0.29, 0.717) is 17.8 Å². The Morgan fingerprint density at radius 1 is 1.06 bits per heavy atom. The lowest BCUT2D eigenvalue weighted by molar-refractivity contribution is 0.437. The topological polar surface area (TPSA) is 32.3 Å². The highest BCUT2D eigenvalue weighted by molar-refractivity contribution is 5.27. The molecule has 1 aromatic rings. The van der Waals surface area contributed by atoms with Crippen molar-refractivity contribution in [2.75, 3.05) is 0 Å². The van der Waals surface area contributed by atoms with E-state index in [2.05, 4.69) is 26.1 Å². The van der Waals surface area contributed by atoms with Crippen LogP contribution in [0.3, 0.4) is 0 Å². The molecule has 0 aromatic heterocycles. The van der Waals surface area contributed by atoms with Gasteiger partial charge in [-0.1, -0.05) is 44.7 Å². The molecule has 0 fully saturated rings. The van der Waals surface area contributed by atoms with Crippen molar-refractivity contribution in [1.29, 1.82) is 0 Å². The van der Waals surface area contributed by atoms with Gasteiger partial charge in [0.15, 0.2) is 0 Å². The minimum atomic E-state index is 0.332. The van der Waals surface area contributed by atoms with Crippen LogP contribution < -0.4 is 5.32 Å². The molecule has 0 aliphatic heterocycles. The van der Waals surface area contributed by atoms with E-state index < -0.39 is 0 Å². The van der Waals surface area contributed by atoms with E-state index in [-0.39, 0.29) is 0 Å². The number of benzene rings is 1. The molecule has 2 N–H and O–H groups in total. The third kappa shape index (κ3) is 5.54. The average Bonchev–Trinajstić information content (AvgIpc) is 2.35. The van der Waals surface area contributed by atoms with Crippen molar-refractivity contribution in [2.24, 2.45) is 0 Å². The van der Waals surface area contributed by atoms with E-state index in [1.54, 1.807) is 12.1 Å². The number of hydrogen-bond donors (Lipinski definition) is 2. The maximum absolute atomic E-state index is 9.27. The zero-order valence-corrected chi connectivity index (χ0v) is 11.9. The van der Waals surface area contributed by atoms with Crippen molar-refractivity contribution < 1.29 is 5.11 Å². The Morgan fingerprint density at radius 2 is 1.72 bits per heavy atom. The molecule has 18 heavy (non-hydrogen) atoms. The molecule has 0 saturated carbocycles. The van der Waals surface area contributed by atoms with E-state index in [0.717, 1.165) is 0 Å². The summed E-state index contributed by atoms with van der Waals surface area (Å²) in [5.41, 5.74) is 1.23. The summed E-state index contributed by atoms with van der Waals surface area (Å²) in [6.45, 7) is 6.67. The predicted molar refractivity (Wildman–Crippen MR) is 77.9 cm³/mol. The second-order valence-electron chi connectivity index (χ2n) is 5.23. The third-order valence-electron chi connectivity index (χ3n) is 3.42. The lowest BCUT2D eigenvalue weighted by Gasteiger charge is -2.20. The first kappa shape index (κ1) is 15.0. The summed E-state index contributed by atoms with van der Waals surface area (Å²) in [6, 6.07) is 8.35. The van der Waals surface area contributed by atoms with Gasteiger partial charge in [0.25, 0.3) is 0 Å². The van der Waals surface area contributed by atoms with Crippen LogP contribution >= 0.6 is 0 Å². The molecule has 0 heterocycles. The highest BCUT2D eigenvalue weighted by Gasteiger charge is 2.09. The van der Waals surface area contributed by atoms with Crippen LogP contribution in [0.4, 0.5) is 0 Å². The van der Waals surface area contributed by atoms with E-state index in [1.807, 2.05) is 12.1 Å². The quantitative estimate of drug-likeness (QED) is 0.669. The molecular weight excluding hydrogens is 222 g/mol. The van der Waals surface area contributed by atoms with Crippen LogP contribution in [0.1, 0.15) is 64.5 Å². The van der Waals surface area contributed by atoms with Gasteiger partial charge in [0, 0.05) is 12.1 Å². The van der Waals surface area contributed by atoms with Gasteiger partial charge in [-0.15, -0.1) is 0 Å². The molecule has 0 aliphatic carbocycles. The summed E-state index contributed by atoms with van der Waals surface area (Å²) in [5, 5.41) is 12.9. The highest BCUT2D eigenvalue weighted by atomic mass is 16.3. The van der Waals surface area contributed by atoms with Gasteiger partial charge in [0.2, 0.25) is 0 Å². The first-order valence-corrected chi connectivity index (χ1v) is 7.18. The number of nitrogens with one attached hydrogen (secondary N) is 1. The van der Waals surface area contributed by atoms with Crippen molar-refractivity contribution >= 4 is 0 Å². The number of unbranched alkanes of at least 4 members (excludes halogenated alkanes) is 3. The van der Waals surface area contributed by atoms with Gasteiger partial charge in [-0.3, -0.25) is 0 Å². The average molecular weight is 249 g/mol. The van der Waals surface area contributed by atoms with Gasteiger partial charge < -0.3 is 10.4 Å². The largest absolute Gasteiger partial charge is 0.508 e. The molecule has 2 atom stereocenters. The fourth-order valence-corrected chi connectivity index (χ4v) is 2.25. The molecule has 1 rings (SSSR count). The Kier molecular flexibility index (Phi) is 6.81. The summed E-state index contributed by atoms with van der Waals surface area (Å²) >= 11 is 0. The Bertz CT molecular complexity index is 320. The van der Waals surface area contributed by atoms with Crippen molar-refractivity contribution in [1.82, 2.24) is 5.32 Å². The summed E-state index contributed by atoms with van der Waals surface area (Å²) in [5.74, 6) is 0.332. The highest BCUT2D eigenvalue weighted by Crippen LogP contribution is 2.17. The molecule has 0 spiro atoms. The zero-order chi connectivity index (χ0) is 13.4. The molecule has 2 nitrogen and oxygen atoms in total. The van der Waals surface area contributed by atoms with Crippen molar-refractivity contribution in [3.63, 3.8) is 0 Å². The Hall–Kier alpha value is -1.02. The fraction of sp³-hybridized carbons (Fsp3) is 0.625. The molecule has 0 saturated heterocycles. The van der Waals surface area contributed by atoms with Crippen molar-refractivity contribution in [3.8, 4) is 5.75 Å². The predicted octanol–water partition coefficient (Wildman–Crippen LogP) is 4.40. The zero-order valence-electron chi connectivity index (χ0n) is 11.9. The van der Waals surface area contributed by atoms with E-state index in [9.17, 15) is 5.11 Å². The van der Waals surface area contributed by atoms with Crippen LogP contribution in [-0.4, -0.2) is 11.1 Å². The molecular formula is C16H27NO. The Morgan fingerprint density at radius 3 is 2.33 bits per heavy atom. The second-order valence-corrected chi connectivity index (χ2v) is 5.23. The van der Waals surface area contributed by atoms with E-state index in [1.165, 1.54) is 37.7 Å². The Balaban J connectivity index is 2.30. The summed E-state index contributed by atoms with van der Waals surface area (Å²) in [6.07, 6.45) is 6.54. The lowest BCUT2D eigenvalue weighted by atomic mass is 10.0. The van der Waals surface area contributed by atoms with Gasteiger partial charge in [-0.05, 0) is 38.0 Å². The van der Waals surface area contributed by atoms with Crippen LogP contribution in [0.25, 0.3) is 0 Å². The van der Waals surface area contributed by atoms with Crippen molar-refractivity contribution in [2.45, 2.75) is 65.0 Å². The monoisotopic (exact) mass is 249 g/mol. The molecule has 0 radical (unpaired) electrons. The summed E-state index contributed by atoms with van der Waals surface area (Å²) in [7, 11) is 0. The molecule has 2 unspecified atom stereocenters. The lowest BCUT2D eigenvalue weighted by Crippen LogP contribution is -2.28. The van der Waals surface area contributed by atoms with Gasteiger partial charge in [0.05, 0.1) is 0 Å². The number of hydrogen-bond acceptors (Lipinski definition) is 2. The molecule has 0 aliphatic rings. The van der Waals surface area contributed by atoms with Crippen LogP contribution in [0.2, 0.25) is 0 Å². The van der Waals surface area contributed by atoms with Gasteiger partial charge in [-0.25, -0.2) is 0 Å². The second kappa shape index (κ2) is 8.15. The van der Waals surface area contributed by atoms with Gasteiger partial charge in [0.1, 0.15) is 5.75 Å². The van der Waals surface area contributed by atoms with E-state index in [4.69, 9.17) is 0 Å². The number of phenols is 1. The van der Waals surface area contributed by atoms with Crippen LogP contribution in [-0.2, 0) is 0 Å². The van der Waals surface area contributed by atoms with Gasteiger partial charge in [-0.2, -0.15) is 0 Å². The van der Waals surface area contributed by atoms with Crippen molar-refractivity contribution in [3.05, 3.63) is 29.8 Å². The maximum Gasteiger partial charge on any atom is 0.115 e. The van der Waals surface area contributed by atoms with Crippen LogP contribution in [0, 0.1) is 0 Å². The van der Waals surface area contributed by atoms with Crippen LogP contribution in [0.15, 0.2) is 24.3 Å². The third-order valence-corrected chi connectivity index (χ3v) is 3.42. The molecule has 0 bridgehead atoms. The maximum atomic E-state index is 9.27. The SMILES string of the molecule is CCCCCCC(C)NC(C)c1ccc(O)cc1. The normalized spacial score (nSPS) is 14.4. The smallest absolute Gasteiger partial charge is 0.115 e. The molecule has 1 aromatic carbocycles. The van der Waals surface area contributed by atoms with E-state index >= 15 is 0 Å². The fourth-order valence-electron chi connectivity index (χ4n) is 2.25. The van der Waals surface area contributed by atoms with Crippen LogP contribution in [0.5, 0.6) is 5.75 Å². The molecule has 102 valence electrons. The summed E-state index contributed by atoms with van der Waals surface area (Å²) < 4.78 is 0. The minimum absolute atomic E-state index is 0.332. The molecule has 0 amide bonds. The molecule has 2 heteroatoms. The van der Waals surface area contributed by atoms with Gasteiger partial charge >= 0.3 is 0 Å². The minimum Gasteiger partial charge on any atom is -0.508 e.